The van der Waals surface area contributed by atoms with E-state index in [2.05, 4.69) is 22.2 Å². The van der Waals surface area contributed by atoms with Crippen molar-refractivity contribution in [1.82, 2.24) is 15.3 Å². The van der Waals surface area contributed by atoms with Gasteiger partial charge in [0.1, 0.15) is 0 Å². The molecule has 2 aromatic rings. The van der Waals surface area contributed by atoms with Crippen molar-refractivity contribution in [3.05, 3.63) is 47.2 Å². The van der Waals surface area contributed by atoms with Gasteiger partial charge in [0.05, 0.1) is 0 Å². The molecule has 0 amide bonds. The van der Waals surface area contributed by atoms with Crippen LogP contribution < -0.4 is 5.32 Å². The van der Waals surface area contributed by atoms with Crippen molar-refractivity contribution in [3.63, 3.8) is 0 Å². The summed E-state index contributed by atoms with van der Waals surface area (Å²) in [7, 11) is 1.92. The first-order valence-corrected chi connectivity index (χ1v) is 6.81. The number of nitrogens with one attached hydrogen (secondary N) is 1. The quantitative estimate of drug-likeness (QED) is 0.869. The normalized spacial score (nSPS) is 12.4. The minimum atomic E-state index is 0.240. The summed E-state index contributed by atoms with van der Waals surface area (Å²) < 4.78 is 0. The molecule has 0 saturated heterocycles. The molecule has 0 aliphatic carbocycles. The number of aromatic nitrogens is 2. The molecule has 5 heteroatoms. The van der Waals surface area contributed by atoms with Crippen LogP contribution in [-0.4, -0.2) is 17.0 Å². The first kappa shape index (κ1) is 13.3. The summed E-state index contributed by atoms with van der Waals surface area (Å²) in [6.07, 6.45) is 3.46. The zero-order valence-corrected chi connectivity index (χ0v) is 11.8. The van der Waals surface area contributed by atoms with Gasteiger partial charge in [0.15, 0.2) is 5.16 Å². The molecule has 0 aliphatic heterocycles. The minimum absolute atomic E-state index is 0.240. The third-order valence-corrected chi connectivity index (χ3v) is 3.83. The zero-order chi connectivity index (χ0) is 13.0. The summed E-state index contributed by atoms with van der Waals surface area (Å²) in [5.74, 6) is 0. The molecule has 18 heavy (non-hydrogen) atoms. The Hall–Kier alpha value is -1.10. The van der Waals surface area contributed by atoms with Gasteiger partial charge in [-0.3, -0.25) is 0 Å². The van der Waals surface area contributed by atoms with Crippen molar-refractivity contribution >= 4 is 23.4 Å². The molecule has 0 saturated carbocycles. The van der Waals surface area contributed by atoms with Gasteiger partial charge in [-0.05, 0) is 49.5 Å². The van der Waals surface area contributed by atoms with E-state index in [9.17, 15) is 0 Å². The van der Waals surface area contributed by atoms with Gasteiger partial charge in [0.2, 0.25) is 0 Å². The van der Waals surface area contributed by atoms with Crippen LogP contribution in [-0.2, 0) is 0 Å². The van der Waals surface area contributed by atoms with E-state index in [4.69, 9.17) is 11.6 Å². The second-order valence-corrected chi connectivity index (χ2v) is 5.27. The summed E-state index contributed by atoms with van der Waals surface area (Å²) in [5, 5.41) is 4.66. The van der Waals surface area contributed by atoms with E-state index in [1.54, 1.807) is 18.5 Å². The molecule has 1 aromatic carbocycles. The second kappa shape index (κ2) is 6.18. The van der Waals surface area contributed by atoms with E-state index in [1.807, 2.05) is 25.2 Å². The molecule has 0 radical (unpaired) electrons. The monoisotopic (exact) mass is 279 g/mol. The fourth-order valence-corrected chi connectivity index (χ4v) is 2.68. The Kier molecular flexibility index (Phi) is 4.58. The van der Waals surface area contributed by atoms with Gasteiger partial charge >= 0.3 is 0 Å². The van der Waals surface area contributed by atoms with Crippen LogP contribution in [0.1, 0.15) is 18.5 Å². The van der Waals surface area contributed by atoms with Crippen molar-refractivity contribution in [1.29, 1.82) is 0 Å². The second-order valence-electron chi connectivity index (χ2n) is 3.83. The third kappa shape index (κ3) is 3.22. The van der Waals surface area contributed by atoms with Gasteiger partial charge in [0, 0.05) is 28.4 Å². The molecule has 0 spiro atoms. The summed E-state index contributed by atoms with van der Waals surface area (Å²) in [6, 6.07) is 8.07. The minimum Gasteiger partial charge on any atom is -0.313 e. The molecule has 0 bridgehead atoms. The van der Waals surface area contributed by atoms with E-state index in [-0.39, 0.29) is 6.04 Å². The molecule has 3 nitrogen and oxygen atoms in total. The van der Waals surface area contributed by atoms with Gasteiger partial charge in [-0.25, -0.2) is 9.97 Å². The summed E-state index contributed by atoms with van der Waals surface area (Å²) in [4.78, 5) is 9.39. The first-order chi connectivity index (χ1) is 8.70. The van der Waals surface area contributed by atoms with Gasteiger partial charge in [-0.2, -0.15) is 0 Å². The van der Waals surface area contributed by atoms with Gasteiger partial charge in [0.25, 0.3) is 0 Å². The highest BCUT2D eigenvalue weighted by atomic mass is 35.5. The fraction of sp³-hybridized carbons (Fsp3) is 0.231. The van der Waals surface area contributed by atoms with Crippen LogP contribution in [0.15, 0.2) is 46.7 Å². The van der Waals surface area contributed by atoms with Crippen LogP contribution in [0.3, 0.4) is 0 Å². The van der Waals surface area contributed by atoms with Crippen LogP contribution >= 0.6 is 23.4 Å². The predicted molar refractivity (Wildman–Crippen MR) is 75.1 cm³/mol. The number of rotatable bonds is 4. The largest absolute Gasteiger partial charge is 0.313 e. The predicted octanol–water partition coefficient (Wildman–Crippen LogP) is 3.56. The van der Waals surface area contributed by atoms with E-state index in [1.165, 1.54) is 11.8 Å². The highest BCUT2D eigenvalue weighted by Gasteiger charge is 2.09. The average molecular weight is 280 g/mol. The number of hydrogen-bond donors (Lipinski definition) is 1. The van der Waals surface area contributed by atoms with Crippen molar-refractivity contribution in [2.45, 2.75) is 23.0 Å². The molecule has 1 unspecified atom stereocenters. The maximum absolute atomic E-state index is 6.28. The van der Waals surface area contributed by atoms with E-state index < -0.39 is 0 Å². The molecule has 1 aromatic heterocycles. The molecule has 1 atom stereocenters. The Labute approximate surface area is 116 Å². The number of hydrogen-bond acceptors (Lipinski definition) is 4. The van der Waals surface area contributed by atoms with Crippen LogP contribution in [0.25, 0.3) is 0 Å². The van der Waals surface area contributed by atoms with E-state index in [0.717, 1.165) is 20.6 Å². The average Bonchev–Trinajstić information content (AvgIpc) is 2.39. The Morgan fingerprint density at radius 1 is 1.28 bits per heavy atom. The van der Waals surface area contributed by atoms with E-state index >= 15 is 0 Å². The molecule has 2 rings (SSSR count). The van der Waals surface area contributed by atoms with Crippen LogP contribution in [0.2, 0.25) is 5.02 Å². The first-order valence-electron chi connectivity index (χ1n) is 5.62. The topological polar surface area (TPSA) is 37.8 Å². The highest BCUT2D eigenvalue weighted by molar-refractivity contribution is 7.99. The molecule has 94 valence electrons. The Morgan fingerprint density at radius 3 is 2.61 bits per heavy atom. The van der Waals surface area contributed by atoms with Gasteiger partial charge in [-0.15, -0.1) is 0 Å². The van der Waals surface area contributed by atoms with Gasteiger partial charge < -0.3 is 5.32 Å². The van der Waals surface area contributed by atoms with Crippen molar-refractivity contribution in [2.75, 3.05) is 7.05 Å². The SMILES string of the molecule is CNC(C)c1ccc(Sc2ncccn2)cc1Cl. The smallest absolute Gasteiger partial charge is 0.192 e. The van der Waals surface area contributed by atoms with Crippen LogP contribution in [0.5, 0.6) is 0 Å². The Bertz CT molecular complexity index is 519. The summed E-state index contributed by atoms with van der Waals surface area (Å²) in [5.41, 5.74) is 1.09. The lowest BCUT2D eigenvalue weighted by molar-refractivity contribution is 0.652. The third-order valence-electron chi connectivity index (χ3n) is 2.62. The van der Waals surface area contributed by atoms with Crippen LogP contribution in [0, 0.1) is 0 Å². The zero-order valence-electron chi connectivity index (χ0n) is 10.2. The molecule has 1 N–H and O–H groups in total. The number of benzene rings is 1. The standard InChI is InChI=1S/C13H14ClN3S/c1-9(15-2)11-5-4-10(8-12(11)14)18-13-16-6-3-7-17-13/h3-9,15H,1-2H3. The van der Waals surface area contributed by atoms with Crippen molar-refractivity contribution < 1.29 is 0 Å². The molecule has 0 aliphatic rings. The van der Waals surface area contributed by atoms with E-state index in [0.29, 0.717) is 0 Å². The Morgan fingerprint density at radius 2 is 2.00 bits per heavy atom. The summed E-state index contributed by atoms with van der Waals surface area (Å²) in [6.45, 7) is 2.08. The fourth-order valence-electron chi connectivity index (χ4n) is 1.52. The molecule has 1 heterocycles. The lowest BCUT2D eigenvalue weighted by atomic mass is 10.1. The van der Waals surface area contributed by atoms with Crippen molar-refractivity contribution in [3.8, 4) is 0 Å². The van der Waals surface area contributed by atoms with Crippen LogP contribution in [0.4, 0.5) is 0 Å². The molecular weight excluding hydrogens is 266 g/mol. The maximum Gasteiger partial charge on any atom is 0.192 e. The lowest BCUT2D eigenvalue weighted by Crippen LogP contribution is -2.12. The maximum atomic E-state index is 6.28. The number of halogens is 1. The summed E-state index contributed by atoms with van der Waals surface area (Å²) >= 11 is 7.78. The van der Waals surface area contributed by atoms with Gasteiger partial charge in [-0.1, -0.05) is 17.7 Å². The Balaban J connectivity index is 2.19. The lowest BCUT2D eigenvalue weighted by Gasteiger charge is -2.13. The van der Waals surface area contributed by atoms with Crippen molar-refractivity contribution in [2.24, 2.45) is 0 Å². The molecule has 0 fully saturated rings. The highest BCUT2D eigenvalue weighted by Crippen LogP contribution is 2.30. The number of nitrogens with zero attached hydrogens (tertiary/aromatic N) is 2. The molecular formula is C13H14ClN3S.